The first kappa shape index (κ1) is 43.6. The first-order chi connectivity index (χ1) is 26.8. The Morgan fingerprint density at radius 1 is 0.945 bits per heavy atom. The third-order valence-electron chi connectivity index (χ3n) is 9.66. The number of benzene rings is 1. The van der Waals surface area contributed by atoms with Gasteiger partial charge in [0.05, 0.1) is 38.9 Å². The number of ether oxygens (including phenoxy) is 3. The minimum atomic E-state index is -0.524. The Kier molecular flexibility index (Phi) is 19.3. The van der Waals surface area contributed by atoms with Crippen molar-refractivity contribution in [2.24, 2.45) is 0 Å². The molecular formula is C40H57N7O7S. The Balaban J connectivity index is 1.06. The second kappa shape index (κ2) is 24.4. The quantitative estimate of drug-likeness (QED) is 0.0609. The molecule has 1 aliphatic carbocycles. The Bertz CT molecular complexity index is 1600. The number of amides is 2. The topological polar surface area (TPSA) is 173 Å². The van der Waals surface area contributed by atoms with Gasteiger partial charge in [-0.15, -0.1) is 11.3 Å². The standard InChI is InChI=1S/C40H57N7O7S/c1-41-37(50)14-13-33(30-49)47(2)28-34-31(29-48)9-6-11-35(34)45-38(51)15-22-52-20-8-21-53-24-25-54-23-18-43-40(16-4-3-5-17-40)27-32-10-7-12-36(44-32)46-39-42-19-26-55-39/h6-7,9-12,19,26,29-30,33,43H,3-5,8,13-18,20-25,27-28H2,1-2H3,(H,41,50)(H,45,51)(H,42,44,46). The molecule has 300 valence electrons. The molecule has 4 rings (SSSR count). The summed E-state index contributed by atoms with van der Waals surface area (Å²) in [5.41, 5.74) is 2.60. The van der Waals surface area contributed by atoms with E-state index < -0.39 is 6.04 Å². The number of likely N-dealkylation sites (N-methyl/N-ethyl adjacent to an activating group) is 1. The minimum Gasteiger partial charge on any atom is -0.381 e. The fraction of sp³-hybridized carbons (Fsp3) is 0.550. The Morgan fingerprint density at radius 3 is 2.44 bits per heavy atom. The van der Waals surface area contributed by atoms with Gasteiger partial charge in [0, 0.05) is 85.8 Å². The van der Waals surface area contributed by atoms with Gasteiger partial charge in [0.2, 0.25) is 11.8 Å². The second-order valence-electron chi connectivity index (χ2n) is 13.7. The number of hydrogen-bond donors (Lipinski definition) is 4. The van der Waals surface area contributed by atoms with Crippen molar-refractivity contribution in [1.29, 1.82) is 0 Å². The number of aldehydes is 2. The van der Waals surface area contributed by atoms with Gasteiger partial charge in [-0.1, -0.05) is 37.5 Å². The predicted octanol–water partition coefficient (Wildman–Crippen LogP) is 4.92. The van der Waals surface area contributed by atoms with Crippen molar-refractivity contribution in [3.63, 3.8) is 0 Å². The van der Waals surface area contributed by atoms with Gasteiger partial charge in [0.15, 0.2) is 5.13 Å². The molecule has 2 heterocycles. The van der Waals surface area contributed by atoms with E-state index in [0.29, 0.717) is 62.7 Å². The molecule has 1 aromatic carbocycles. The average Bonchev–Trinajstić information content (AvgIpc) is 3.71. The Labute approximate surface area is 328 Å². The summed E-state index contributed by atoms with van der Waals surface area (Å²) < 4.78 is 17.2. The zero-order chi connectivity index (χ0) is 39.1. The molecule has 0 aliphatic heterocycles. The van der Waals surface area contributed by atoms with Gasteiger partial charge in [-0.3, -0.25) is 19.3 Å². The van der Waals surface area contributed by atoms with E-state index in [1.165, 1.54) is 19.3 Å². The molecule has 2 amide bonds. The van der Waals surface area contributed by atoms with Crippen LogP contribution in [-0.4, -0.2) is 111 Å². The van der Waals surface area contributed by atoms with Crippen LogP contribution in [0.1, 0.15) is 79.4 Å². The zero-order valence-corrected chi connectivity index (χ0v) is 33.0. The lowest BCUT2D eigenvalue weighted by atomic mass is 9.78. The van der Waals surface area contributed by atoms with E-state index in [1.54, 1.807) is 54.7 Å². The molecule has 3 aromatic rings. The number of nitrogens with one attached hydrogen (secondary N) is 4. The summed E-state index contributed by atoms with van der Waals surface area (Å²) in [5, 5.41) is 15.3. The molecule has 1 atom stereocenters. The highest BCUT2D eigenvalue weighted by atomic mass is 32.1. The summed E-state index contributed by atoms with van der Waals surface area (Å²) in [7, 11) is 3.29. The fourth-order valence-corrected chi connectivity index (χ4v) is 7.19. The highest BCUT2D eigenvalue weighted by molar-refractivity contribution is 7.13. The monoisotopic (exact) mass is 779 g/mol. The highest BCUT2D eigenvalue weighted by Gasteiger charge is 2.32. The molecule has 0 bridgehead atoms. The molecular weight excluding hydrogens is 723 g/mol. The summed E-state index contributed by atoms with van der Waals surface area (Å²) in [6, 6.07) is 10.7. The van der Waals surface area contributed by atoms with E-state index in [9.17, 15) is 19.2 Å². The van der Waals surface area contributed by atoms with Gasteiger partial charge >= 0.3 is 0 Å². The van der Waals surface area contributed by atoms with Crippen LogP contribution in [0.5, 0.6) is 0 Å². The van der Waals surface area contributed by atoms with Crippen molar-refractivity contribution in [3.05, 3.63) is 64.8 Å². The van der Waals surface area contributed by atoms with Crippen LogP contribution < -0.4 is 21.3 Å². The number of pyridine rings is 1. The fourth-order valence-electron chi connectivity index (χ4n) is 6.66. The first-order valence-electron chi connectivity index (χ1n) is 19.2. The van der Waals surface area contributed by atoms with Crippen LogP contribution in [0.4, 0.5) is 16.6 Å². The number of anilines is 3. The van der Waals surface area contributed by atoms with Gasteiger partial charge in [-0.05, 0) is 50.9 Å². The lowest BCUT2D eigenvalue weighted by Crippen LogP contribution is -2.50. The van der Waals surface area contributed by atoms with E-state index in [-0.39, 0.29) is 43.3 Å². The smallest absolute Gasteiger partial charge is 0.226 e. The number of carbonyl (C=O) groups excluding carboxylic acids is 4. The summed E-state index contributed by atoms with van der Waals surface area (Å²) >= 11 is 1.55. The highest BCUT2D eigenvalue weighted by Crippen LogP contribution is 2.31. The molecule has 0 saturated heterocycles. The lowest BCUT2D eigenvalue weighted by molar-refractivity contribution is -0.121. The molecule has 55 heavy (non-hydrogen) atoms. The summed E-state index contributed by atoms with van der Waals surface area (Å²) in [6.07, 6.45) is 11.5. The van der Waals surface area contributed by atoms with Crippen LogP contribution in [0.25, 0.3) is 0 Å². The van der Waals surface area contributed by atoms with Gasteiger partial charge in [0.1, 0.15) is 18.4 Å². The van der Waals surface area contributed by atoms with Crippen molar-refractivity contribution in [1.82, 2.24) is 25.5 Å². The van der Waals surface area contributed by atoms with Crippen LogP contribution in [0.3, 0.4) is 0 Å². The van der Waals surface area contributed by atoms with Crippen LogP contribution in [0.15, 0.2) is 48.0 Å². The minimum absolute atomic E-state index is 0.0188. The Morgan fingerprint density at radius 2 is 1.71 bits per heavy atom. The van der Waals surface area contributed by atoms with Crippen LogP contribution in [0.2, 0.25) is 0 Å². The maximum atomic E-state index is 12.7. The van der Waals surface area contributed by atoms with Gasteiger partial charge < -0.3 is 40.3 Å². The van der Waals surface area contributed by atoms with E-state index in [1.807, 2.05) is 17.5 Å². The number of carbonyl (C=O) groups is 4. The third kappa shape index (κ3) is 15.5. The van der Waals surface area contributed by atoms with Crippen molar-refractivity contribution >= 4 is 52.4 Å². The molecule has 1 fully saturated rings. The summed E-state index contributed by atoms with van der Waals surface area (Å²) in [4.78, 5) is 58.9. The number of nitrogens with zero attached hydrogens (tertiary/aromatic N) is 3. The van der Waals surface area contributed by atoms with E-state index in [2.05, 4.69) is 32.3 Å². The average molecular weight is 780 g/mol. The van der Waals surface area contributed by atoms with Crippen LogP contribution in [-0.2, 0) is 41.6 Å². The van der Waals surface area contributed by atoms with Crippen molar-refractivity contribution in [2.75, 3.05) is 70.9 Å². The number of rotatable bonds is 27. The zero-order valence-electron chi connectivity index (χ0n) is 32.2. The molecule has 0 spiro atoms. The maximum absolute atomic E-state index is 12.7. The third-order valence-corrected chi connectivity index (χ3v) is 10.4. The first-order valence-corrected chi connectivity index (χ1v) is 20.1. The second-order valence-corrected chi connectivity index (χ2v) is 14.6. The van der Waals surface area contributed by atoms with Crippen molar-refractivity contribution < 1.29 is 33.4 Å². The normalized spacial score (nSPS) is 14.3. The SMILES string of the molecule is CNC(=O)CCC(C=O)N(C)Cc1c(C=O)cccc1NC(=O)CCOCCCOCCOCCNC1(Cc2cccc(Nc3nccs3)n2)CCCCC1. The number of thiazole rings is 1. The van der Waals surface area contributed by atoms with E-state index in [0.717, 1.165) is 55.0 Å². The number of hydrogen-bond acceptors (Lipinski definition) is 13. The predicted molar refractivity (Wildman–Crippen MR) is 214 cm³/mol. The lowest BCUT2D eigenvalue weighted by Gasteiger charge is -2.38. The molecule has 2 aromatic heterocycles. The molecule has 1 aliphatic rings. The molecule has 1 saturated carbocycles. The van der Waals surface area contributed by atoms with Gasteiger partial charge in [-0.25, -0.2) is 9.97 Å². The Hall–Kier alpha value is -4.12. The van der Waals surface area contributed by atoms with Crippen LogP contribution in [0, 0.1) is 0 Å². The largest absolute Gasteiger partial charge is 0.381 e. The molecule has 4 N–H and O–H groups in total. The van der Waals surface area contributed by atoms with Gasteiger partial charge in [-0.2, -0.15) is 0 Å². The summed E-state index contributed by atoms with van der Waals surface area (Å²) in [5.74, 6) is 0.411. The molecule has 14 nitrogen and oxygen atoms in total. The number of aromatic nitrogens is 2. The molecule has 1 unspecified atom stereocenters. The van der Waals surface area contributed by atoms with E-state index >= 15 is 0 Å². The van der Waals surface area contributed by atoms with Gasteiger partial charge in [0.25, 0.3) is 0 Å². The molecule has 0 radical (unpaired) electrons. The molecule has 15 heteroatoms. The van der Waals surface area contributed by atoms with Crippen molar-refractivity contribution in [3.8, 4) is 0 Å². The maximum Gasteiger partial charge on any atom is 0.226 e. The van der Waals surface area contributed by atoms with Crippen molar-refractivity contribution in [2.45, 2.75) is 82.3 Å². The van der Waals surface area contributed by atoms with Crippen LogP contribution >= 0.6 is 11.3 Å². The van der Waals surface area contributed by atoms with E-state index in [4.69, 9.17) is 19.2 Å². The summed E-state index contributed by atoms with van der Waals surface area (Å²) in [6.45, 7) is 3.84.